The van der Waals surface area contributed by atoms with Crippen molar-refractivity contribution in [2.45, 2.75) is 12.5 Å². The SMILES string of the molecule is O=C(/C=C/NC1CO1)/C=C/NC1CO1. The maximum Gasteiger partial charge on any atom is 0.181 e. The maximum atomic E-state index is 11.1. The molecule has 2 rings (SSSR count). The normalized spacial score (nSPS) is 29.4. The van der Waals surface area contributed by atoms with Crippen LogP contribution in [0.3, 0.4) is 0 Å². The zero-order valence-electron chi connectivity index (χ0n) is 7.60. The van der Waals surface area contributed by atoms with Gasteiger partial charge < -0.3 is 20.1 Å². The van der Waals surface area contributed by atoms with Crippen molar-refractivity contribution in [3.63, 3.8) is 0 Å². The van der Waals surface area contributed by atoms with E-state index in [9.17, 15) is 4.79 Å². The lowest BCUT2D eigenvalue weighted by Crippen LogP contribution is -2.10. The minimum absolute atomic E-state index is 0.0775. The highest BCUT2D eigenvalue weighted by Gasteiger charge is 2.20. The quantitative estimate of drug-likeness (QED) is 0.442. The van der Waals surface area contributed by atoms with Crippen LogP contribution in [0.4, 0.5) is 0 Å². The number of hydrogen-bond acceptors (Lipinski definition) is 5. The average molecular weight is 196 g/mol. The van der Waals surface area contributed by atoms with Crippen LogP contribution >= 0.6 is 0 Å². The molecule has 0 bridgehead atoms. The van der Waals surface area contributed by atoms with Gasteiger partial charge >= 0.3 is 0 Å². The van der Waals surface area contributed by atoms with Crippen molar-refractivity contribution in [2.24, 2.45) is 0 Å². The zero-order chi connectivity index (χ0) is 9.80. The summed E-state index contributed by atoms with van der Waals surface area (Å²) in [5.74, 6) is -0.0775. The number of carbonyl (C=O) groups is 1. The van der Waals surface area contributed by atoms with Crippen LogP contribution in [0.5, 0.6) is 0 Å². The highest BCUT2D eigenvalue weighted by molar-refractivity contribution is 5.98. The summed E-state index contributed by atoms with van der Waals surface area (Å²) in [5.41, 5.74) is 0. The molecule has 5 nitrogen and oxygen atoms in total. The van der Waals surface area contributed by atoms with Gasteiger partial charge in [-0.05, 0) is 0 Å². The molecule has 0 amide bonds. The number of rotatable bonds is 6. The summed E-state index contributed by atoms with van der Waals surface area (Å²) in [7, 11) is 0. The molecule has 5 heteroatoms. The number of nitrogens with one attached hydrogen (secondary N) is 2. The fourth-order valence-electron chi connectivity index (χ4n) is 0.819. The first-order valence-electron chi connectivity index (χ1n) is 4.47. The Bertz CT molecular complexity index is 241. The summed E-state index contributed by atoms with van der Waals surface area (Å²) >= 11 is 0. The molecule has 0 aromatic heterocycles. The molecule has 76 valence electrons. The third-order valence-corrected chi connectivity index (χ3v) is 1.73. The second kappa shape index (κ2) is 4.26. The van der Waals surface area contributed by atoms with Crippen molar-refractivity contribution in [3.05, 3.63) is 24.6 Å². The summed E-state index contributed by atoms with van der Waals surface area (Å²) in [4.78, 5) is 11.1. The fraction of sp³-hybridized carbons (Fsp3) is 0.444. The molecule has 0 aliphatic carbocycles. The molecule has 14 heavy (non-hydrogen) atoms. The number of ketones is 1. The molecule has 0 spiro atoms. The molecule has 2 atom stereocenters. The highest BCUT2D eigenvalue weighted by atomic mass is 16.6. The number of allylic oxidation sites excluding steroid dienone is 2. The number of hydrogen-bond donors (Lipinski definition) is 2. The third-order valence-electron chi connectivity index (χ3n) is 1.73. The van der Waals surface area contributed by atoms with E-state index < -0.39 is 0 Å². The number of ether oxygens (including phenoxy) is 2. The lowest BCUT2D eigenvalue weighted by Gasteiger charge is -1.91. The number of carbonyl (C=O) groups excluding carboxylic acids is 1. The van der Waals surface area contributed by atoms with Crippen LogP contribution in [0.1, 0.15) is 0 Å². The van der Waals surface area contributed by atoms with Crippen LogP contribution in [0, 0.1) is 0 Å². The van der Waals surface area contributed by atoms with E-state index in [-0.39, 0.29) is 18.2 Å². The molecule has 2 N–H and O–H groups in total. The molecule has 0 aromatic carbocycles. The molecule has 2 unspecified atom stereocenters. The Labute approximate surface area is 81.8 Å². The van der Waals surface area contributed by atoms with Gasteiger partial charge in [-0.2, -0.15) is 0 Å². The van der Waals surface area contributed by atoms with E-state index in [4.69, 9.17) is 9.47 Å². The smallest absolute Gasteiger partial charge is 0.181 e. The Morgan fingerprint density at radius 2 is 1.50 bits per heavy atom. The van der Waals surface area contributed by atoms with Crippen molar-refractivity contribution in [1.82, 2.24) is 10.6 Å². The number of epoxide rings is 2. The van der Waals surface area contributed by atoms with Crippen molar-refractivity contribution in [2.75, 3.05) is 13.2 Å². The first-order valence-corrected chi connectivity index (χ1v) is 4.47. The Morgan fingerprint density at radius 3 is 1.86 bits per heavy atom. The van der Waals surface area contributed by atoms with E-state index in [1.807, 2.05) is 0 Å². The van der Waals surface area contributed by atoms with E-state index in [1.54, 1.807) is 12.4 Å². The molecule has 2 fully saturated rings. The minimum Gasteiger partial charge on any atom is -0.364 e. The molecular weight excluding hydrogens is 184 g/mol. The summed E-state index contributed by atoms with van der Waals surface area (Å²) in [6.45, 7) is 1.43. The second-order valence-corrected chi connectivity index (χ2v) is 3.05. The lowest BCUT2D eigenvalue weighted by molar-refractivity contribution is -0.110. The molecule has 2 aliphatic rings. The predicted molar refractivity (Wildman–Crippen MR) is 49.0 cm³/mol. The molecular formula is C9H12N2O3. The van der Waals surface area contributed by atoms with E-state index in [2.05, 4.69) is 10.6 Å². The third kappa shape index (κ3) is 3.59. The maximum absolute atomic E-state index is 11.1. The van der Waals surface area contributed by atoms with Gasteiger partial charge in [-0.1, -0.05) is 0 Å². The van der Waals surface area contributed by atoms with E-state index in [0.717, 1.165) is 13.2 Å². The summed E-state index contributed by atoms with van der Waals surface area (Å²) in [6.07, 6.45) is 6.29. The first-order chi connectivity index (χ1) is 6.84. The highest BCUT2D eigenvalue weighted by Crippen LogP contribution is 2.03. The second-order valence-electron chi connectivity index (χ2n) is 3.05. The zero-order valence-corrected chi connectivity index (χ0v) is 7.60. The topological polar surface area (TPSA) is 66.2 Å². The molecule has 0 saturated carbocycles. The monoisotopic (exact) mass is 196 g/mol. The van der Waals surface area contributed by atoms with Gasteiger partial charge in [0.1, 0.15) is 0 Å². The van der Waals surface area contributed by atoms with Crippen LogP contribution in [-0.2, 0) is 14.3 Å². The van der Waals surface area contributed by atoms with Crippen LogP contribution in [0.2, 0.25) is 0 Å². The van der Waals surface area contributed by atoms with Crippen LogP contribution in [0.15, 0.2) is 24.6 Å². The minimum atomic E-state index is -0.0775. The van der Waals surface area contributed by atoms with Crippen LogP contribution in [-0.4, -0.2) is 31.5 Å². The Morgan fingerprint density at radius 1 is 1.07 bits per heavy atom. The standard InChI is InChI=1S/C9H12N2O3/c12-7(1-3-10-8-5-13-8)2-4-11-9-6-14-9/h1-4,8-11H,5-6H2/b3-1+,4-2+. The lowest BCUT2D eigenvalue weighted by atomic mass is 10.4. The summed E-state index contributed by atoms with van der Waals surface area (Å²) in [5, 5.41) is 5.79. The van der Waals surface area contributed by atoms with Crippen molar-refractivity contribution >= 4 is 5.78 Å². The van der Waals surface area contributed by atoms with Crippen LogP contribution in [0.25, 0.3) is 0 Å². The van der Waals surface area contributed by atoms with Gasteiger partial charge in [0.05, 0.1) is 13.2 Å². The van der Waals surface area contributed by atoms with Crippen LogP contribution < -0.4 is 10.6 Å². The fourth-order valence-corrected chi connectivity index (χ4v) is 0.819. The Balaban J connectivity index is 1.60. The molecule has 2 heterocycles. The van der Waals surface area contributed by atoms with Crippen molar-refractivity contribution in [3.8, 4) is 0 Å². The Kier molecular flexibility index (Phi) is 2.81. The van der Waals surface area contributed by atoms with Gasteiger partial charge in [-0.25, -0.2) is 0 Å². The van der Waals surface area contributed by atoms with Gasteiger partial charge in [0.25, 0.3) is 0 Å². The van der Waals surface area contributed by atoms with E-state index in [1.165, 1.54) is 12.2 Å². The summed E-state index contributed by atoms with van der Waals surface area (Å²) in [6, 6.07) is 0. The summed E-state index contributed by atoms with van der Waals surface area (Å²) < 4.78 is 9.78. The van der Waals surface area contributed by atoms with Gasteiger partial charge in [0.2, 0.25) is 0 Å². The largest absolute Gasteiger partial charge is 0.364 e. The van der Waals surface area contributed by atoms with E-state index >= 15 is 0 Å². The van der Waals surface area contributed by atoms with Gasteiger partial charge in [0.15, 0.2) is 18.2 Å². The molecule has 0 radical (unpaired) electrons. The predicted octanol–water partition coefficient (Wildman–Crippen LogP) is -0.525. The first kappa shape index (κ1) is 9.23. The van der Waals surface area contributed by atoms with Crippen molar-refractivity contribution < 1.29 is 14.3 Å². The molecule has 2 aliphatic heterocycles. The van der Waals surface area contributed by atoms with E-state index in [0.29, 0.717) is 0 Å². The average Bonchev–Trinajstić information content (AvgIpc) is 2.99. The van der Waals surface area contributed by atoms with Gasteiger partial charge in [0, 0.05) is 24.6 Å². The molecule has 2 saturated heterocycles. The molecule has 0 aromatic rings. The van der Waals surface area contributed by atoms with Crippen molar-refractivity contribution in [1.29, 1.82) is 0 Å². The van der Waals surface area contributed by atoms with Gasteiger partial charge in [-0.15, -0.1) is 0 Å². The Hall–Kier alpha value is -1.33. The van der Waals surface area contributed by atoms with Gasteiger partial charge in [-0.3, -0.25) is 4.79 Å².